The number of rotatable bonds is 4. The predicted octanol–water partition coefficient (Wildman–Crippen LogP) is 4.69. The third kappa shape index (κ3) is 4.68. The number of hydrogen-bond donors (Lipinski definition) is 2. The molecule has 1 aromatic heterocycles. The van der Waals surface area contributed by atoms with Crippen LogP contribution in [0.2, 0.25) is 0 Å². The smallest absolute Gasteiger partial charge is 0.172 e. The van der Waals surface area contributed by atoms with Gasteiger partial charge in [0.2, 0.25) is 0 Å². The van der Waals surface area contributed by atoms with E-state index >= 15 is 0 Å². The molecular formula is C17H18Br2N4S. The number of nitrogens with one attached hydrogen (secondary N) is 2. The Morgan fingerprint density at radius 2 is 1.88 bits per heavy atom. The average molecular weight is 470 g/mol. The van der Waals surface area contributed by atoms with Crippen molar-refractivity contribution in [2.45, 2.75) is 19.4 Å². The molecule has 0 aliphatic carbocycles. The van der Waals surface area contributed by atoms with E-state index in [-0.39, 0.29) is 0 Å². The Morgan fingerprint density at radius 1 is 1.17 bits per heavy atom. The number of halogens is 2. The molecule has 2 N–H and O–H groups in total. The first-order valence-electron chi connectivity index (χ1n) is 7.81. The monoisotopic (exact) mass is 468 g/mol. The van der Waals surface area contributed by atoms with Crippen LogP contribution < -0.4 is 15.5 Å². The fraction of sp³-hybridized carbons (Fsp3) is 0.294. The standard InChI is InChI=1S/C17H18Br2N4S/c18-13-9-15(19)16(20-11-13)22-17(24)21-10-12-3-5-14(6-4-12)23-7-1-2-8-23/h3-6,9,11H,1-2,7-8,10H2,(H2,20,21,22,24). The Labute approximate surface area is 164 Å². The Balaban J connectivity index is 1.52. The maximum atomic E-state index is 5.34. The van der Waals surface area contributed by atoms with Crippen LogP contribution in [0.4, 0.5) is 11.5 Å². The van der Waals surface area contributed by atoms with Gasteiger partial charge in [0.15, 0.2) is 5.11 Å². The zero-order valence-corrected chi connectivity index (χ0v) is 17.0. The maximum absolute atomic E-state index is 5.34. The van der Waals surface area contributed by atoms with E-state index in [2.05, 4.69) is 76.6 Å². The number of anilines is 2. The van der Waals surface area contributed by atoms with E-state index in [0.717, 1.165) is 8.95 Å². The Bertz CT molecular complexity index is 715. The van der Waals surface area contributed by atoms with Crippen molar-refractivity contribution in [3.8, 4) is 0 Å². The molecule has 1 fully saturated rings. The first-order valence-corrected chi connectivity index (χ1v) is 9.81. The van der Waals surface area contributed by atoms with Crippen molar-refractivity contribution in [2.24, 2.45) is 0 Å². The molecule has 0 amide bonds. The fourth-order valence-corrected chi connectivity index (χ4v) is 3.90. The maximum Gasteiger partial charge on any atom is 0.172 e. The van der Waals surface area contributed by atoms with E-state index in [1.54, 1.807) is 6.20 Å². The molecule has 7 heteroatoms. The van der Waals surface area contributed by atoms with Crippen LogP contribution in [0.3, 0.4) is 0 Å². The van der Waals surface area contributed by atoms with Crippen molar-refractivity contribution in [1.82, 2.24) is 10.3 Å². The van der Waals surface area contributed by atoms with Crippen molar-refractivity contribution in [3.63, 3.8) is 0 Å². The Kier molecular flexibility index (Phi) is 6.08. The zero-order valence-electron chi connectivity index (χ0n) is 13.1. The van der Waals surface area contributed by atoms with Gasteiger partial charge in [0.05, 0.1) is 4.47 Å². The van der Waals surface area contributed by atoms with Gasteiger partial charge < -0.3 is 15.5 Å². The van der Waals surface area contributed by atoms with Crippen molar-refractivity contribution in [2.75, 3.05) is 23.3 Å². The SMILES string of the molecule is S=C(NCc1ccc(N2CCCC2)cc1)Nc1ncc(Br)cc1Br. The molecule has 0 spiro atoms. The number of nitrogens with zero attached hydrogens (tertiary/aromatic N) is 2. The van der Waals surface area contributed by atoms with Crippen LogP contribution in [-0.2, 0) is 6.54 Å². The largest absolute Gasteiger partial charge is 0.372 e. The Hall–Kier alpha value is -1.18. The molecule has 0 radical (unpaired) electrons. The second-order valence-corrected chi connectivity index (χ2v) is 7.83. The van der Waals surface area contributed by atoms with E-state index in [1.165, 1.54) is 37.2 Å². The van der Waals surface area contributed by atoms with E-state index in [9.17, 15) is 0 Å². The molecule has 126 valence electrons. The minimum Gasteiger partial charge on any atom is -0.372 e. The molecule has 1 aliphatic heterocycles. The highest BCUT2D eigenvalue weighted by molar-refractivity contribution is 9.11. The van der Waals surface area contributed by atoms with E-state index in [4.69, 9.17) is 12.2 Å². The van der Waals surface area contributed by atoms with Crippen LogP contribution in [0.15, 0.2) is 45.5 Å². The summed E-state index contributed by atoms with van der Waals surface area (Å²) >= 11 is 12.2. The first-order chi connectivity index (χ1) is 11.6. The quantitative estimate of drug-likeness (QED) is 0.635. The normalized spacial score (nSPS) is 13.8. The molecule has 0 bridgehead atoms. The molecule has 2 aromatic rings. The van der Waals surface area contributed by atoms with Gasteiger partial charge in [-0.15, -0.1) is 0 Å². The summed E-state index contributed by atoms with van der Waals surface area (Å²) in [5, 5.41) is 6.86. The lowest BCUT2D eigenvalue weighted by molar-refractivity contribution is 0.920. The van der Waals surface area contributed by atoms with Gasteiger partial charge in [-0.3, -0.25) is 0 Å². The van der Waals surface area contributed by atoms with Crippen molar-refractivity contribution in [3.05, 3.63) is 51.0 Å². The summed E-state index contributed by atoms with van der Waals surface area (Å²) in [5.74, 6) is 0.695. The third-order valence-corrected chi connectivity index (χ3v) is 5.18. The number of hydrogen-bond acceptors (Lipinski definition) is 3. The average Bonchev–Trinajstić information content (AvgIpc) is 3.11. The lowest BCUT2D eigenvalue weighted by Crippen LogP contribution is -2.28. The minimum absolute atomic E-state index is 0.550. The summed E-state index contributed by atoms with van der Waals surface area (Å²) in [5.41, 5.74) is 2.50. The molecule has 3 rings (SSSR count). The summed E-state index contributed by atoms with van der Waals surface area (Å²) in [7, 11) is 0. The van der Waals surface area contributed by atoms with Gasteiger partial charge in [0, 0.05) is 36.0 Å². The molecule has 1 aromatic carbocycles. The number of pyridine rings is 1. The van der Waals surface area contributed by atoms with Gasteiger partial charge in [-0.1, -0.05) is 12.1 Å². The van der Waals surface area contributed by atoms with Gasteiger partial charge in [-0.2, -0.15) is 0 Å². The van der Waals surface area contributed by atoms with Crippen LogP contribution in [0.5, 0.6) is 0 Å². The zero-order chi connectivity index (χ0) is 16.9. The van der Waals surface area contributed by atoms with E-state index < -0.39 is 0 Å². The third-order valence-electron chi connectivity index (χ3n) is 3.90. The van der Waals surface area contributed by atoms with Gasteiger partial charge in [-0.25, -0.2) is 4.98 Å². The van der Waals surface area contributed by atoms with Crippen molar-refractivity contribution in [1.29, 1.82) is 0 Å². The molecule has 1 aliphatic rings. The molecule has 2 heterocycles. The summed E-state index contributed by atoms with van der Waals surface area (Å²) in [4.78, 5) is 6.72. The highest BCUT2D eigenvalue weighted by Gasteiger charge is 2.11. The van der Waals surface area contributed by atoms with Gasteiger partial charge in [0.25, 0.3) is 0 Å². The summed E-state index contributed by atoms with van der Waals surface area (Å²) in [6.45, 7) is 3.02. The summed E-state index contributed by atoms with van der Waals surface area (Å²) < 4.78 is 1.77. The predicted molar refractivity (Wildman–Crippen MR) is 111 cm³/mol. The lowest BCUT2D eigenvalue weighted by atomic mass is 10.2. The van der Waals surface area contributed by atoms with Crippen LogP contribution >= 0.6 is 44.1 Å². The van der Waals surface area contributed by atoms with Crippen LogP contribution in [0.1, 0.15) is 18.4 Å². The number of thiocarbonyl (C=S) groups is 1. The molecule has 24 heavy (non-hydrogen) atoms. The van der Waals surface area contributed by atoms with Crippen molar-refractivity contribution < 1.29 is 0 Å². The molecule has 1 saturated heterocycles. The molecular weight excluding hydrogens is 452 g/mol. The van der Waals surface area contributed by atoms with Crippen LogP contribution in [-0.4, -0.2) is 23.2 Å². The molecule has 0 atom stereocenters. The van der Waals surface area contributed by atoms with Gasteiger partial charge in [-0.05, 0) is 80.7 Å². The number of aromatic nitrogens is 1. The van der Waals surface area contributed by atoms with Gasteiger partial charge in [0.1, 0.15) is 5.82 Å². The highest BCUT2D eigenvalue weighted by Crippen LogP contribution is 2.23. The lowest BCUT2D eigenvalue weighted by Gasteiger charge is -2.18. The van der Waals surface area contributed by atoms with Crippen LogP contribution in [0.25, 0.3) is 0 Å². The van der Waals surface area contributed by atoms with Gasteiger partial charge >= 0.3 is 0 Å². The molecule has 0 saturated carbocycles. The van der Waals surface area contributed by atoms with Crippen molar-refractivity contribution >= 4 is 60.7 Å². The second-order valence-electron chi connectivity index (χ2n) is 5.65. The van der Waals surface area contributed by atoms with E-state index in [1.807, 2.05) is 6.07 Å². The number of benzene rings is 1. The van der Waals surface area contributed by atoms with E-state index in [0.29, 0.717) is 17.5 Å². The topological polar surface area (TPSA) is 40.2 Å². The summed E-state index contributed by atoms with van der Waals surface area (Å²) in [6.07, 6.45) is 4.32. The Morgan fingerprint density at radius 3 is 2.54 bits per heavy atom. The second kappa shape index (κ2) is 8.27. The first kappa shape index (κ1) is 17.6. The summed E-state index contributed by atoms with van der Waals surface area (Å²) in [6, 6.07) is 10.6. The highest BCUT2D eigenvalue weighted by atomic mass is 79.9. The van der Waals surface area contributed by atoms with Crippen LogP contribution in [0, 0.1) is 0 Å². The molecule has 4 nitrogen and oxygen atoms in total. The molecule has 0 unspecified atom stereocenters. The minimum atomic E-state index is 0.550. The fourth-order valence-electron chi connectivity index (χ4n) is 2.64.